The molecule has 3 nitrogen and oxygen atoms in total. The molecule has 0 spiro atoms. The molecule has 1 aromatic heterocycles. The molecule has 0 fully saturated rings. The fraction of sp³-hybridized carbons (Fsp3) is 0.364. The van der Waals surface area contributed by atoms with Gasteiger partial charge in [0, 0.05) is 36.4 Å². The average Bonchev–Trinajstić information content (AvgIpc) is 2.19. The number of rotatable bonds is 1. The van der Waals surface area contributed by atoms with E-state index in [0.717, 1.165) is 18.7 Å². The van der Waals surface area contributed by atoms with E-state index < -0.39 is 0 Å². The third kappa shape index (κ3) is 1.93. The zero-order chi connectivity index (χ0) is 9.97. The standard InChI is InChI=1S/C11H15N3/c1-9-8-11(2-5-13-9)14-6-3-10(12)4-7-14/h2-3,5-6,8,10H,4,7,12H2,1H3. The second-order valence-electron chi connectivity index (χ2n) is 3.64. The van der Waals surface area contributed by atoms with Crippen LogP contribution < -0.4 is 10.6 Å². The molecule has 2 rings (SSSR count). The first kappa shape index (κ1) is 9.21. The summed E-state index contributed by atoms with van der Waals surface area (Å²) in [6, 6.07) is 4.32. The van der Waals surface area contributed by atoms with E-state index in [1.54, 1.807) is 0 Å². The largest absolute Gasteiger partial charge is 0.348 e. The maximum absolute atomic E-state index is 5.78. The van der Waals surface area contributed by atoms with Crippen molar-refractivity contribution in [2.24, 2.45) is 5.73 Å². The Morgan fingerprint density at radius 2 is 2.43 bits per heavy atom. The van der Waals surface area contributed by atoms with Crippen molar-refractivity contribution in [3.63, 3.8) is 0 Å². The third-order valence-corrected chi connectivity index (χ3v) is 2.43. The Kier molecular flexibility index (Phi) is 2.50. The van der Waals surface area contributed by atoms with Gasteiger partial charge in [0.15, 0.2) is 0 Å². The Balaban J connectivity index is 2.20. The molecule has 2 N–H and O–H groups in total. The molecular weight excluding hydrogens is 174 g/mol. The van der Waals surface area contributed by atoms with Crippen LogP contribution in [0.4, 0.5) is 5.69 Å². The van der Waals surface area contributed by atoms with Gasteiger partial charge in [-0.05, 0) is 25.5 Å². The third-order valence-electron chi connectivity index (χ3n) is 2.43. The van der Waals surface area contributed by atoms with E-state index in [-0.39, 0.29) is 6.04 Å². The summed E-state index contributed by atoms with van der Waals surface area (Å²) in [5, 5.41) is 0. The molecule has 0 bridgehead atoms. The van der Waals surface area contributed by atoms with Crippen LogP contribution in [0.15, 0.2) is 30.6 Å². The van der Waals surface area contributed by atoms with Crippen LogP contribution >= 0.6 is 0 Å². The van der Waals surface area contributed by atoms with Crippen LogP contribution in [0.5, 0.6) is 0 Å². The summed E-state index contributed by atoms with van der Waals surface area (Å²) in [4.78, 5) is 6.38. The lowest BCUT2D eigenvalue weighted by molar-refractivity contribution is 0.687. The maximum atomic E-state index is 5.78. The highest BCUT2D eigenvalue weighted by Crippen LogP contribution is 2.18. The van der Waals surface area contributed by atoms with Crippen LogP contribution in [-0.4, -0.2) is 17.6 Å². The highest BCUT2D eigenvalue weighted by molar-refractivity contribution is 5.49. The molecule has 0 aromatic carbocycles. The van der Waals surface area contributed by atoms with E-state index in [1.807, 2.05) is 25.3 Å². The van der Waals surface area contributed by atoms with E-state index >= 15 is 0 Å². The molecule has 0 aliphatic carbocycles. The molecule has 2 heterocycles. The second kappa shape index (κ2) is 3.80. The summed E-state index contributed by atoms with van der Waals surface area (Å²) in [7, 11) is 0. The lowest BCUT2D eigenvalue weighted by atomic mass is 10.1. The number of hydrogen-bond donors (Lipinski definition) is 1. The van der Waals surface area contributed by atoms with Gasteiger partial charge in [-0.3, -0.25) is 4.98 Å². The Hall–Kier alpha value is -1.35. The van der Waals surface area contributed by atoms with Crippen LogP contribution in [0.3, 0.4) is 0 Å². The Labute approximate surface area is 84.2 Å². The minimum absolute atomic E-state index is 0.217. The summed E-state index contributed by atoms with van der Waals surface area (Å²) in [6.45, 7) is 2.99. The zero-order valence-corrected chi connectivity index (χ0v) is 8.35. The Morgan fingerprint density at radius 3 is 3.07 bits per heavy atom. The number of pyridine rings is 1. The monoisotopic (exact) mass is 189 g/mol. The molecule has 74 valence electrons. The molecule has 1 aliphatic heterocycles. The minimum Gasteiger partial charge on any atom is -0.348 e. The van der Waals surface area contributed by atoms with Crippen LogP contribution in [0.1, 0.15) is 12.1 Å². The molecule has 0 amide bonds. The number of hydrogen-bond acceptors (Lipinski definition) is 3. The quantitative estimate of drug-likeness (QED) is 0.727. The predicted octanol–water partition coefficient (Wildman–Crippen LogP) is 1.44. The van der Waals surface area contributed by atoms with Crippen molar-refractivity contribution in [2.45, 2.75) is 19.4 Å². The van der Waals surface area contributed by atoms with Crippen molar-refractivity contribution < 1.29 is 0 Å². The number of nitrogens with zero attached hydrogens (tertiary/aromatic N) is 2. The number of aromatic nitrogens is 1. The molecule has 3 heteroatoms. The molecular formula is C11H15N3. The van der Waals surface area contributed by atoms with E-state index in [4.69, 9.17) is 5.73 Å². The fourth-order valence-electron chi connectivity index (χ4n) is 1.60. The van der Waals surface area contributed by atoms with Crippen LogP contribution in [0.2, 0.25) is 0 Å². The molecule has 1 aliphatic rings. The van der Waals surface area contributed by atoms with Crippen LogP contribution in [0.25, 0.3) is 0 Å². The van der Waals surface area contributed by atoms with Crippen molar-refractivity contribution in [1.29, 1.82) is 0 Å². The highest BCUT2D eigenvalue weighted by Gasteiger charge is 2.10. The smallest absolute Gasteiger partial charge is 0.0439 e. The van der Waals surface area contributed by atoms with Gasteiger partial charge in [-0.1, -0.05) is 6.08 Å². The van der Waals surface area contributed by atoms with Gasteiger partial charge >= 0.3 is 0 Å². The first-order valence-electron chi connectivity index (χ1n) is 4.89. The second-order valence-corrected chi connectivity index (χ2v) is 3.64. The molecule has 0 radical (unpaired) electrons. The first-order chi connectivity index (χ1) is 6.75. The normalized spacial score (nSPS) is 21.3. The molecule has 1 atom stereocenters. The number of anilines is 1. The average molecular weight is 189 g/mol. The lowest BCUT2D eigenvalue weighted by Gasteiger charge is -2.26. The van der Waals surface area contributed by atoms with E-state index in [9.17, 15) is 0 Å². The molecule has 0 saturated carbocycles. The van der Waals surface area contributed by atoms with Gasteiger partial charge in [0.1, 0.15) is 0 Å². The molecule has 1 unspecified atom stereocenters. The van der Waals surface area contributed by atoms with Crippen molar-refractivity contribution in [1.82, 2.24) is 4.98 Å². The molecule has 0 saturated heterocycles. The highest BCUT2D eigenvalue weighted by atomic mass is 15.1. The van der Waals surface area contributed by atoms with Gasteiger partial charge in [-0.15, -0.1) is 0 Å². The van der Waals surface area contributed by atoms with Gasteiger partial charge in [0.05, 0.1) is 0 Å². The topological polar surface area (TPSA) is 42.1 Å². The first-order valence-corrected chi connectivity index (χ1v) is 4.89. The van der Waals surface area contributed by atoms with Gasteiger partial charge in [-0.25, -0.2) is 0 Å². The number of aryl methyl sites for hydroxylation is 1. The van der Waals surface area contributed by atoms with E-state index in [0.29, 0.717) is 0 Å². The Morgan fingerprint density at radius 1 is 1.57 bits per heavy atom. The summed E-state index contributed by atoms with van der Waals surface area (Å²) in [6.07, 6.45) is 6.95. The van der Waals surface area contributed by atoms with Crippen LogP contribution in [-0.2, 0) is 0 Å². The van der Waals surface area contributed by atoms with Crippen molar-refractivity contribution in [3.05, 3.63) is 36.3 Å². The van der Waals surface area contributed by atoms with Crippen molar-refractivity contribution in [3.8, 4) is 0 Å². The predicted molar refractivity (Wildman–Crippen MR) is 58.1 cm³/mol. The van der Waals surface area contributed by atoms with Crippen molar-refractivity contribution >= 4 is 5.69 Å². The van der Waals surface area contributed by atoms with Gasteiger partial charge < -0.3 is 10.6 Å². The summed E-state index contributed by atoms with van der Waals surface area (Å²) in [5.41, 5.74) is 8.02. The van der Waals surface area contributed by atoms with E-state index in [2.05, 4.69) is 22.2 Å². The number of nitrogens with two attached hydrogens (primary N) is 1. The fourth-order valence-corrected chi connectivity index (χ4v) is 1.60. The van der Waals surface area contributed by atoms with Crippen molar-refractivity contribution in [2.75, 3.05) is 11.4 Å². The summed E-state index contributed by atoms with van der Waals surface area (Å²) in [5.74, 6) is 0. The lowest BCUT2D eigenvalue weighted by Crippen LogP contribution is -2.31. The van der Waals surface area contributed by atoms with Crippen LogP contribution in [0, 0.1) is 6.92 Å². The van der Waals surface area contributed by atoms with Gasteiger partial charge in [0.2, 0.25) is 0 Å². The maximum Gasteiger partial charge on any atom is 0.0439 e. The molecule has 1 aromatic rings. The summed E-state index contributed by atoms with van der Waals surface area (Å²) < 4.78 is 0. The Bertz CT molecular complexity index is 346. The van der Waals surface area contributed by atoms with Gasteiger partial charge in [-0.2, -0.15) is 0 Å². The zero-order valence-electron chi connectivity index (χ0n) is 8.35. The SMILES string of the molecule is Cc1cc(N2C=CC(N)CC2)ccn1. The molecule has 14 heavy (non-hydrogen) atoms. The van der Waals surface area contributed by atoms with Gasteiger partial charge in [0.25, 0.3) is 0 Å². The van der Waals surface area contributed by atoms with E-state index in [1.165, 1.54) is 5.69 Å². The minimum atomic E-state index is 0.217. The summed E-state index contributed by atoms with van der Waals surface area (Å²) >= 11 is 0.